The van der Waals surface area contributed by atoms with E-state index in [1.165, 1.54) is 23.3 Å². The Morgan fingerprint density at radius 2 is 1.33 bits per heavy atom. The number of halogens is 3. The lowest BCUT2D eigenvalue weighted by Crippen LogP contribution is -2.44. The highest BCUT2D eigenvalue weighted by Crippen LogP contribution is 2.58. The quantitative estimate of drug-likeness (QED) is 0.539. The van der Waals surface area contributed by atoms with E-state index in [4.69, 9.17) is 0 Å². The van der Waals surface area contributed by atoms with E-state index in [-0.39, 0.29) is 35.3 Å². The molecule has 152 valence electrons. The van der Waals surface area contributed by atoms with E-state index in [0.717, 1.165) is 23.3 Å². The lowest BCUT2D eigenvalue weighted by Gasteiger charge is -2.49. The normalized spacial score (nSPS) is 24.1. The van der Waals surface area contributed by atoms with Gasteiger partial charge in [-0.3, -0.25) is 4.79 Å². The molecule has 0 saturated carbocycles. The summed E-state index contributed by atoms with van der Waals surface area (Å²) in [5.74, 6) is -0.566. The number of hydrogen-bond acceptors (Lipinski definition) is 1. The van der Waals surface area contributed by atoms with Gasteiger partial charge < -0.3 is 5.32 Å². The molecule has 0 aliphatic heterocycles. The molecule has 6 rings (SSSR count). The Balaban J connectivity index is 1.54. The monoisotopic (exact) mass is 407 g/mol. The summed E-state index contributed by atoms with van der Waals surface area (Å²) in [6, 6.07) is 21.2. The third-order valence-electron chi connectivity index (χ3n) is 6.54. The van der Waals surface area contributed by atoms with Crippen molar-refractivity contribution in [2.45, 2.75) is 24.9 Å². The van der Waals surface area contributed by atoms with Crippen LogP contribution in [0.15, 0.2) is 72.8 Å². The van der Waals surface area contributed by atoms with Crippen LogP contribution in [0.5, 0.6) is 0 Å². The average Bonchev–Trinajstić information content (AvgIpc) is 2.73. The highest BCUT2D eigenvalue weighted by atomic mass is 19.4. The zero-order valence-corrected chi connectivity index (χ0v) is 16.3. The minimum Gasteiger partial charge on any atom is -0.326 e. The van der Waals surface area contributed by atoms with Crippen LogP contribution in [-0.4, -0.2) is 5.91 Å². The number of anilines is 1. The maximum atomic E-state index is 13.4. The fourth-order valence-electron chi connectivity index (χ4n) is 5.34. The number of alkyl halides is 3. The van der Waals surface area contributed by atoms with E-state index in [9.17, 15) is 18.0 Å². The van der Waals surface area contributed by atoms with E-state index in [1.807, 2.05) is 24.3 Å². The van der Waals surface area contributed by atoms with Crippen molar-refractivity contribution >= 4 is 11.6 Å². The van der Waals surface area contributed by atoms with Gasteiger partial charge in [0.2, 0.25) is 5.91 Å². The first-order chi connectivity index (χ1) is 14.4. The lowest BCUT2D eigenvalue weighted by atomic mass is 9.54. The zero-order valence-electron chi connectivity index (χ0n) is 16.3. The summed E-state index contributed by atoms with van der Waals surface area (Å²) in [6.07, 6.45) is -4.45. The Kier molecular flexibility index (Phi) is 4.24. The van der Waals surface area contributed by atoms with Gasteiger partial charge in [-0.25, -0.2) is 0 Å². The smallest absolute Gasteiger partial charge is 0.326 e. The van der Waals surface area contributed by atoms with Gasteiger partial charge in [0, 0.05) is 17.5 Å². The number of hydrogen-bond donors (Lipinski definition) is 1. The molecule has 2 bridgehead atoms. The Morgan fingerprint density at radius 3 is 1.87 bits per heavy atom. The van der Waals surface area contributed by atoms with Gasteiger partial charge >= 0.3 is 6.18 Å². The molecular weight excluding hydrogens is 387 g/mol. The van der Waals surface area contributed by atoms with Crippen LogP contribution in [0.1, 0.15) is 46.6 Å². The maximum absolute atomic E-state index is 13.4. The number of nitrogens with one attached hydrogen (secondary N) is 1. The van der Waals surface area contributed by atoms with Crippen molar-refractivity contribution in [3.05, 3.63) is 101 Å². The summed E-state index contributed by atoms with van der Waals surface area (Å²) in [5, 5.41) is 2.76. The van der Waals surface area contributed by atoms with Crippen LogP contribution in [0.4, 0.5) is 18.9 Å². The molecule has 1 amide bonds. The topological polar surface area (TPSA) is 29.1 Å². The van der Waals surface area contributed by atoms with Gasteiger partial charge in [0.05, 0.1) is 11.5 Å². The molecule has 3 aliphatic rings. The van der Waals surface area contributed by atoms with E-state index in [0.29, 0.717) is 0 Å². The van der Waals surface area contributed by atoms with Crippen molar-refractivity contribution in [2.75, 3.05) is 5.32 Å². The molecule has 3 aromatic carbocycles. The Hall–Kier alpha value is -3.08. The van der Waals surface area contributed by atoms with E-state index >= 15 is 0 Å². The fourth-order valence-corrected chi connectivity index (χ4v) is 5.34. The van der Waals surface area contributed by atoms with Gasteiger partial charge in [-0.15, -0.1) is 0 Å². The van der Waals surface area contributed by atoms with Crippen LogP contribution < -0.4 is 5.32 Å². The van der Waals surface area contributed by atoms with Gasteiger partial charge in [0.1, 0.15) is 0 Å². The standard InChI is InChI=1S/C25H20F3NO/c1-14-21-17-9-2-4-11-19(17)23(20-12-5-3-10-18(20)21)22(14)24(30)29-16-8-6-7-15(13-16)25(26,27)28/h2-14,21-23H,1H3,(H,29,30). The number of fused-ring (bicyclic) bond motifs is 1. The first-order valence-corrected chi connectivity index (χ1v) is 10.0. The first-order valence-electron chi connectivity index (χ1n) is 10.0. The van der Waals surface area contributed by atoms with Crippen molar-refractivity contribution < 1.29 is 18.0 Å². The molecule has 3 aromatic rings. The summed E-state index contributed by atoms with van der Waals surface area (Å²) in [7, 11) is 0. The minimum absolute atomic E-state index is 0.0330. The Morgan fingerprint density at radius 1 is 0.800 bits per heavy atom. The zero-order chi connectivity index (χ0) is 21.0. The van der Waals surface area contributed by atoms with E-state index < -0.39 is 11.7 Å². The molecule has 0 saturated heterocycles. The van der Waals surface area contributed by atoms with E-state index in [2.05, 4.69) is 36.5 Å². The molecule has 0 spiro atoms. The molecule has 2 nitrogen and oxygen atoms in total. The SMILES string of the molecule is CC1C2c3ccccc3C(c3ccccc32)C1C(=O)Nc1cccc(C(F)(F)F)c1. The number of carbonyl (C=O) groups is 1. The predicted molar refractivity (Wildman–Crippen MR) is 109 cm³/mol. The lowest BCUT2D eigenvalue weighted by molar-refractivity contribution is -0.137. The Labute approximate surface area is 172 Å². The molecule has 3 aliphatic carbocycles. The van der Waals surface area contributed by atoms with Gasteiger partial charge in [-0.1, -0.05) is 61.5 Å². The Bertz CT molecular complexity index is 1090. The first kappa shape index (κ1) is 18.9. The van der Waals surface area contributed by atoms with Gasteiger partial charge in [0.15, 0.2) is 0 Å². The second-order valence-corrected chi connectivity index (χ2v) is 8.17. The largest absolute Gasteiger partial charge is 0.416 e. The summed E-state index contributed by atoms with van der Waals surface area (Å²) in [4.78, 5) is 13.4. The number of rotatable bonds is 2. The summed E-state index contributed by atoms with van der Waals surface area (Å²) < 4.78 is 39.2. The molecule has 0 radical (unpaired) electrons. The third-order valence-corrected chi connectivity index (χ3v) is 6.54. The van der Waals surface area contributed by atoms with Crippen LogP contribution in [0.2, 0.25) is 0 Å². The molecule has 2 unspecified atom stereocenters. The highest BCUT2D eigenvalue weighted by molar-refractivity contribution is 5.95. The second-order valence-electron chi connectivity index (χ2n) is 8.17. The van der Waals surface area contributed by atoms with Crippen LogP contribution in [0.25, 0.3) is 0 Å². The molecule has 5 heteroatoms. The van der Waals surface area contributed by atoms with Crippen LogP contribution in [0.3, 0.4) is 0 Å². The second kappa shape index (κ2) is 6.73. The van der Waals surface area contributed by atoms with E-state index in [1.54, 1.807) is 0 Å². The van der Waals surface area contributed by atoms with Gasteiger partial charge in [-0.05, 0) is 46.4 Å². The maximum Gasteiger partial charge on any atom is 0.416 e. The van der Waals surface area contributed by atoms with Crippen molar-refractivity contribution in [3.63, 3.8) is 0 Å². The van der Waals surface area contributed by atoms with Crippen molar-refractivity contribution in [3.8, 4) is 0 Å². The number of carbonyl (C=O) groups excluding carboxylic acids is 1. The van der Waals surface area contributed by atoms with Crippen LogP contribution in [0, 0.1) is 11.8 Å². The van der Waals surface area contributed by atoms with Gasteiger partial charge in [-0.2, -0.15) is 13.2 Å². The fraction of sp³-hybridized carbons (Fsp3) is 0.240. The van der Waals surface area contributed by atoms with Crippen molar-refractivity contribution in [2.24, 2.45) is 11.8 Å². The van der Waals surface area contributed by atoms with Crippen molar-refractivity contribution in [1.82, 2.24) is 0 Å². The summed E-state index contributed by atoms with van der Waals surface area (Å²) >= 11 is 0. The van der Waals surface area contributed by atoms with Crippen molar-refractivity contribution in [1.29, 1.82) is 0 Å². The molecule has 0 heterocycles. The highest BCUT2D eigenvalue weighted by Gasteiger charge is 2.50. The van der Waals surface area contributed by atoms with Gasteiger partial charge in [0.25, 0.3) is 0 Å². The molecule has 30 heavy (non-hydrogen) atoms. The predicted octanol–water partition coefficient (Wildman–Crippen LogP) is 6.19. The summed E-state index contributed by atoms with van der Waals surface area (Å²) in [6.45, 7) is 2.07. The number of amides is 1. The van der Waals surface area contributed by atoms with Crippen LogP contribution in [-0.2, 0) is 11.0 Å². The molecule has 0 aromatic heterocycles. The van der Waals surface area contributed by atoms with Crippen LogP contribution >= 0.6 is 0 Å². The molecule has 0 fully saturated rings. The average molecular weight is 407 g/mol. The number of benzene rings is 3. The minimum atomic E-state index is -4.45. The molecule has 1 N–H and O–H groups in total. The molecule has 2 atom stereocenters. The summed E-state index contributed by atoms with van der Waals surface area (Å²) in [5.41, 5.74) is 4.18. The molecular formula is C25H20F3NO. The third kappa shape index (κ3) is 2.83.